The summed E-state index contributed by atoms with van der Waals surface area (Å²) in [4.78, 5) is 9.08. The monoisotopic (exact) mass is 541 g/mol. The molecule has 2 heterocycles. The number of fused-ring (bicyclic) bond motifs is 1. The van der Waals surface area contributed by atoms with Gasteiger partial charge in [0.2, 0.25) is 5.95 Å². The predicted molar refractivity (Wildman–Crippen MR) is 129 cm³/mol. The van der Waals surface area contributed by atoms with E-state index < -0.39 is 8.07 Å². The Balaban J connectivity index is 1.63. The van der Waals surface area contributed by atoms with Crippen LogP contribution < -0.4 is 10.1 Å². The zero-order chi connectivity index (χ0) is 21.6. The van der Waals surface area contributed by atoms with Gasteiger partial charge >= 0.3 is 0 Å². The number of anilines is 2. The molecule has 10 heteroatoms. The Morgan fingerprint density at radius 2 is 1.87 bits per heavy atom. The minimum atomic E-state index is -1.10. The van der Waals surface area contributed by atoms with Crippen LogP contribution in [0.25, 0.3) is 11.0 Å². The summed E-state index contributed by atoms with van der Waals surface area (Å²) in [5, 5.41) is 7.78. The van der Waals surface area contributed by atoms with Gasteiger partial charge in [-0.15, -0.1) is 0 Å². The van der Waals surface area contributed by atoms with E-state index in [1.165, 1.54) is 0 Å². The lowest BCUT2D eigenvalue weighted by atomic mass is 10.3. The third-order valence-electron chi connectivity index (χ3n) is 4.33. The van der Waals surface area contributed by atoms with Crippen molar-refractivity contribution in [2.75, 3.05) is 32.2 Å². The van der Waals surface area contributed by atoms with Crippen molar-refractivity contribution in [1.29, 1.82) is 0 Å². The van der Waals surface area contributed by atoms with Crippen molar-refractivity contribution >= 4 is 53.3 Å². The predicted octanol–water partition coefficient (Wildman–Crippen LogP) is 4.51. The van der Waals surface area contributed by atoms with Crippen molar-refractivity contribution in [3.05, 3.63) is 34.2 Å². The van der Waals surface area contributed by atoms with Crippen LogP contribution in [0.5, 0.6) is 5.75 Å². The van der Waals surface area contributed by atoms with E-state index >= 15 is 0 Å². The molecule has 1 N–H and O–H groups in total. The first kappa shape index (κ1) is 22.9. The molecule has 0 fully saturated rings. The molecule has 3 aromatic rings. The largest absolute Gasteiger partial charge is 0.491 e. The Morgan fingerprint density at radius 1 is 1.10 bits per heavy atom. The molecular formula is C20H28IN5O3Si. The highest BCUT2D eigenvalue weighted by Gasteiger charge is 2.14. The van der Waals surface area contributed by atoms with Gasteiger partial charge in [-0.25, -0.2) is 14.6 Å². The maximum Gasteiger partial charge on any atom is 0.227 e. The lowest BCUT2D eigenvalue weighted by Crippen LogP contribution is -2.22. The number of methoxy groups -OCH3 is 1. The Bertz CT molecular complexity index is 959. The molecule has 0 saturated carbocycles. The molecule has 0 radical (unpaired) electrons. The Kier molecular flexibility index (Phi) is 8.03. The molecule has 0 aliphatic rings. The number of nitrogens with one attached hydrogen (secondary N) is 1. The molecule has 0 amide bonds. The maximum absolute atomic E-state index is 5.83. The van der Waals surface area contributed by atoms with Crippen molar-refractivity contribution in [1.82, 2.24) is 19.7 Å². The summed E-state index contributed by atoms with van der Waals surface area (Å²) < 4.78 is 19.0. The molecule has 8 nitrogen and oxygen atoms in total. The van der Waals surface area contributed by atoms with E-state index in [0.717, 1.165) is 38.8 Å². The van der Waals surface area contributed by atoms with Gasteiger partial charge in [0.15, 0.2) is 0 Å². The van der Waals surface area contributed by atoms with Gasteiger partial charge in [-0.2, -0.15) is 5.10 Å². The summed E-state index contributed by atoms with van der Waals surface area (Å²) in [6, 6.07) is 8.78. The fourth-order valence-electron chi connectivity index (χ4n) is 2.62. The summed E-state index contributed by atoms with van der Waals surface area (Å²) >= 11 is 2.20. The topological polar surface area (TPSA) is 83.3 Å². The SMILES string of the molecule is COCCOc1ccc(Nc2ncc3c(n2)c(I)nn3COCC[Si](C)(C)C)cc1. The zero-order valence-corrected chi connectivity index (χ0v) is 21.0. The molecule has 0 unspecified atom stereocenters. The summed E-state index contributed by atoms with van der Waals surface area (Å²) in [7, 11) is 0.549. The molecule has 30 heavy (non-hydrogen) atoms. The molecule has 3 rings (SSSR count). The Labute approximate surface area is 191 Å². The van der Waals surface area contributed by atoms with E-state index in [1.54, 1.807) is 13.3 Å². The van der Waals surface area contributed by atoms with Gasteiger partial charge in [-0.05, 0) is 52.9 Å². The summed E-state index contributed by atoms with van der Waals surface area (Å²) in [5.74, 6) is 1.31. The second-order valence-corrected chi connectivity index (χ2v) is 14.7. The van der Waals surface area contributed by atoms with Crippen LogP contribution in [0.15, 0.2) is 30.5 Å². The van der Waals surface area contributed by atoms with Gasteiger partial charge < -0.3 is 19.5 Å². The number of benzene rings is 1. The van der Waals surface area contributed by atoms with Crippen LogP contribution in [-0.4, -0.2) is 54.8 Å². The third kappa shape index (κ3) is 6.62. The van der Waals surface area contributed by atoms with Gasteiger partial charge in [0.25, 0.3) is 0 Å². The number of nitrogens with zero attached hydrogens (tertiary/aromatic N) is 4. The molecule has 0 aliphatic heterocycles. The smallest absolute Gasteiger partial charge is 0.227 e. The molecule has 162 valence electrons. The molecule has 2 aromatic heterocycles. The second kappa shape index (κ2) is 10.5. The third-order valence-corrected chi connectivity index (χ3v) is 6.76. The number of aromatic nitrogens is 4. The van der Waals surface area contributed by atoms with Gasteiger partial charge in [0.1, 0.15) is 33.8 Å². The highest BCUT2D eigenvalue weighted by Crippen LogP contribution is 2.22. The van der Waals surface area contributed by atoms with Crippen molar-refractivity contribution in [2.24, 2.45) is 0 Å². The van der Waals surface area contributed by atoms with Crippen molar-refractivity contribution < 1.29 is 14.2 Å². The van der Waals surface area contributed by atoms with Gasteiger partial charge in [0.05, 0.1) is 12.8 Å². The van der Waals surface area contributed by atoms with E-state index in [1.807, 2.05) is 28.9 Å². The lowest BCUT2D eigenvalue weighted by molar-refractivity contribution is 0.0814. The van der Waals surface area contributed by atoms with E-state index in [4.69, 9.17) is 14.2 Å². The first-order valence-corrected chi connectivity index (χ1v) is 14.6. The normalized spacial score (nSPS) is 11.8. The maximum atomic E-state index is 5.83. The minimum Gasteiger partial charge on any atom is -0.491 e. The molecule has 0 aliphatic carbocycles. The average Bonchev–Trinajstić information content (AvgIpc) is 3.01. The van der Waals surface area contributed by atoms with Crippen LogP contribution in [0.4, 0.5) is 11.6 Å². The number of halogens is 1. The number of hydrogen-bond acceptors (Lipinski definition) is 7. The second-order valence-electron chi connectivity index (χ2n) is 8.06. The van der Waals surface area contributed by atoms with Gasteiger partial charge in [-0.3, -0.25) is 0 Å². The van der Waals surface area contributed by atoms with Crippen LogP contribution in [-0.2, 0) is 16.2 Å². The van der Waals surface area contributed by atoms with Crippen LogP contribution in [0, 0.1) is 3.70 Å². The average molecular weight is 541 g/mol. The standard InChI is InChI=1S/C20H28IN5O3Si/c1-27-9-10-29-16-7-5-15(6-8-16)23-20-22-13-17-18(24-20)19(21)25-26(17)14-28-11-12-30(2,3)4/h5-8,13H,9-12,14H2,1-4H3,(H,22,23,24). The van der Waals surface area contributed by atoms with Gasteiger partial charge in [-0.1, -0.05) is 19.6 Å². The lowest BCUT2D eigenvalue weighted by Gasteiger charge is -2.15. The van der Waals surface area contributed by atoms with Gasteiger partial charge in [0, 0.05) is 27.5 Å². The molecular weight excluding hydrogens is 513 g/mol. The number of rotatable bonds is 11. The quantitative estimate of drug-likeness (QED) is 0.217. The molecule has 0 saturated heterocycles. The van der Waals surface area contributed by atoms with Crippen molar-refractivity contribution in [2.45, 2.75) is 32.4 Å². The Hall–Kier alpha value is -1.76. The summed E-state index contributed by atoms with van der Waals surface area (Å²) in [6.07, 6.45) is 1.78. The fraction of sp³-hybridized carbons (Fsp3) is 0.450. The number of hydrogen-bond donors (Lipinski definition) is 1. The highest BCUT2D eigenvalue weighted by molar-refractivity contribution is 14.1. The zero-order valence-electron chi connectivity index (χ0n) is 17.8. The first-order valence-electron chi connectivity index (χ1n) is 9.81. The van der Waals surface area contributed by atoms with E-state index in [0.29, 0.717) is 25.9 Å². The fourth-order valence-corrected chi connectivity index (χ4v) is 4.03. The van der Waals surface area contributed by atoms with Crippen LogP contribution >= 0.6 is 22.6 Å². The summed E-state index contributed by atoms with van der Waals surface area (Å²) in [6.45, 7) is 9.26. The number of ether oxygens (including phenoxy) is 3. The van der Waals surface area contributed by atoms with Crippen LogP contribution in [0.2, 0.25) is 25.7 Å². The van der Waals surface area contributed by atoms with E-state index in [2.05, 4.69) is 62.6 Å². The Morgan fingerprint density at radius 3 is 2.57 bits per heavy atom. The first-order chi connectivity index (χ1) is 14.4. The molecule has 1 aromatic carbocycles. The highest BCUT2D eigenvalue weighted by atomic mass is 127. The van der Waals surface area contributed by atoms with Crippen LogP contribution in [0.1, 0.15) is 0 Å². The molecule has 0 bridgehead atoms. The minimum absolute atomic E-state index is 0.407. The van der Waals surface area contributed by atoms with E-state index in [-0.39, 0.29) is 0 Å². The summed E-state index contributed by atoms with van der Waals surface area (Å²) in [5.41, 5.74) is 2.55. The van der Waals surface area contributed by atoms with E-state index in [9.17, 15) is 0 Å². The molecule has 0 spiro atoms. The molecule has 0 atom stereocenters. The van der Waals surface area contributed by atoms with Crippen molar-refractivity contribution in [3.8, 4) is 5.75 Å². The van der Waals surface area contributed by atoms with Crippen molar-refractivity contribution in [3.63, 3.8) is 0 Å². The van der Waals surface area contributed by atoms with Crippen LogP contribution in [0.3, 0.4) is 0 Å².